The minimum atomic E-state index is -1.51. The molecule has 0 radical (unpaired) electrons. The highest BCUT2D eigenvalue weighted by Gasteiger charge is 2.37. The largest absolute Gasteiger partial charge is 0.488 e. The van der Waals surface area contributed by atoms with Crippen molar-refractivity contribution in [3.8, 4) is 5.75 Å². The van der Waals surface area contributed by atoms with E-state index in [2.05, 4.69) is 4.81 Å². The Hall–Kier alpha value is -2.68. The second kappa shape index (κ2) is 9.44. The summed E-state index contributed by atoms with van der Waals surface area (Å²) in [5, 5.41) is 9.20. The van der Waals surface area contributed by atoms with Crippen molar-refractivity contribution in [2.24, 2.45) is 5.73 Å². The maximum Gasteiger partial charge on any atom is 0.371 e. The molecule has 0 atom stereocenters. The molecule has 0 amide bonds. The van der Waals surface area contributed by atoms with Crippen LogP contribution in [0.3, 0.4) is 0 Å². The van der Waals surface area contributed by atoms with Crippen LogP contribution in [-0.4, -0.2) is 12.2 Å². The normalized spacial score (nSPS) is 17.5. The molecule has 32 heavy (non-hydrogen) atoms. The highest BCUT2D eigenvalue weighted by Crippen LogP contribution is 2.41. The molecule has 4 nitrogen and oxygen atoms in total. The van der Waals surface area contributed by atoms with Gasteiger partial charge in [-0.05, 0) is 78.7 Å². The fourth-order valence-electron chi connectivity index (χ4n) is 3.81. The van der Waals surface area contributed by atoms with Crippen molar-refractivity contribution in [3.63, 3.8) is 0 Å². The number of benzene rings is 2. The Kier molecular flexibility index (Phi) is 6.64. The van der Waals surface area contributed by atoms with E-state index in [0.29, 0.717) is 22.8 Å². The van der Waals surface area contributed by atoms with Gasteiger partial charge in [-0.15, -0.1) is 0 Å². The lowest BCUT2D eigenvalue weighted by molar-refractivity contribution is -0.139. The summed E-state index contributed by atoms with van der Waals surface area (Å²) in [6.07, 6.45) is 6.75. The lowest BCUT2D eigenvalue weighted by Crippen LogP contribution is -2.03. The molecule has 166 valence electrons. The van der Waals surface area contributed by atoms with Crippen molar-refractivity contribution >= 4 is 24.1 Å². The minimum Gasteiger partial charge on any atom is -0.488 e. The van der Waals surface area contributed by atoms with Crippen molar-refractivity contribution in [2.75, 3.05) is 0 Å². The van der Waals surface area contributed by atoms with Gasteiger partial charge in [-0.2, -0.15) is 0 Å². The molecule has 2 aliphatic rings. The summed E-state index contributed by atoms with van der Waals surface area (Å²) in [7, 11) is 0. The van der Waals surface area contributed by atoms with E-state index in [-0.39, 0.29) is 19.1 Å². The van der Waals surface area contributed by atoms with Gasteiger partial charge in [0.05, 0.1) is 0 Å². The highest BCUT2D eigenvalue weighted by atomic mass is 35.5. The van der Waals surface area contributed by atoms with Crippen LogP contribution in [-0.2, 0) is 11.4 Å². The van der Waals surface area contributed by atoms with Crippen LogP contribution in [0.5, 0.6) is 5.75 Å². The van der Waals surface area contributed by atoms with Gasteiger partial charge in [0.15, 0.2) is 17.5 Å². The molecular weight excluding hydrogens is 442 g/mol. The van der Waals surface area contributed by atoms with Crippen LogP contribution in [0.4, 0.5) is 13.2 Å². The minimum absolute atomic E-state index is 0.147. The van der Waals surface area contributed by atoms with Crippen LogP contribution in [0.2, 0.25) is 11.3 Å². The van der Waals surface area contributed by atoms with Crippen LogP contribution in [0, 0.1) is 17.5 Å². The van der Waals surface area contributed by atoms with Gasteiger partial charge in [0.25, 0.3) is 0 Å². The van der Waals surface area contributed by atoms with Gasteiger partial charge >= 0.3 is 6.92 Å². The Bertz CT molecular complexity index is 1130. The number of nitrogens with two attached hydrogens (primary N) is 1. The average Bonchev–Trinajstić information content (AvgIpc) is 3.37. The highest BCUT2D eigenvalue weighted by molar-refractivity contribution is 6.74. The molecule has 0 aromatic heterocycles. The van der Waals surface area contributed by atoms with E-state index in [0.717, 1.165) is 53.6 Å². The predicted molar refractivity (Wildman–Crippen MR) is 117 cm³/mol. The van der Waals surface area contributed by atoms with Crippen LogP contribution in [0.1, 0.15) is 30.4 Å². The zero-order valence-corrected chi connectivity index (χ0v) is 17.8. The summed E-state index contributed by atoms with van der Waals surface area (Å²) in [4.78, 5) is 4.29. The SMILES string of the molecule is N/C(=C\C=C1/CB1OO)C1=C(c2cc(Cl)ccc2OCc2cc(F)c(F)c(F)c2)CCC1. The summed E-state index contributed by atoms with van der Waals surface area (Å²) >= 11 is 6.23. The van der Waals surface area contributed by atoms with Crippen molar-refractivity contribution in [2.45, 2.75) is 32.2 Å². The van der Waals surface area contributed by atoms with E-state index in [1.807, 2.05) is 6.08 Å². The summed E-state index contributed by atoms with van der Waals surface area (Å²) in [5.74, 6) is -3.56. The van der Waals surface area contributed by atoms with E-state index in [1.165, 1.54) is 0 Å². The number of hydrogen-bond donors (Lipinski definition) is 2. The van der Waals surface area contributed by atoms with Crippen LogP contribution >= 0.6 is 11.6 Å². The fourth-order valence-corrected chi connectivity index (χ4v) is 3.98. The third-order valence-corrected chi connectivity index (χ3v) is 5.78. The average molecular weight is 462 g/mol. The quantitative estimate of drug-likeness (QED) is 0.227. The molecule has 1 aliphatic heterocycles. The van der Waals surface area contributed by atoms with E-state index < -0.39 is 17.5 Å². The van der Waals surface area contributed by atoms with Crippen molar-refractivity contribution < 1.29 is 28.0 Å². The Morgan fingerprint density at radius 1 is 1.16 bits per heavy atom. The smallest absolute Gasteiger partial charge is 0.371 e. The van der Waals surface area contributed by atoms with Crippen molar-refractivity contribution in [1.82, 2.24) is 0 Å². The fraction of sp³-hybridized carbons (Fsp3) is 0.217. The van der Waals surface area contributed by atoms with Gasteiger partial charge in [0.1, 0.15) is 12.4 Å². The van der Waals surface area contributed by atoms with Gasteiger partial charge < -0.3 is 15.3 Å². The summed E-state index contributed by atoms with van der Waals surface area (Å²) in [5.41, 5.74) is 10.8. The molecule has 0 unspecified atom stereocenters. The van der Waals surface area contributed by atoms with Crippen LogP contribution < -0.4 is 10.5 Å². The van der Waals surface area contributed by atoms with Gasteiger partial charge in [-0.1, -0.05) is 23.1 Å². The van der Waals surface area contributed by atoms with Gasteiger partial charge in [-0.3, -0.25) is 5.26 Å². The summed E-state index contributed by atoms with van der Waals surface area (Å²) < 4.78 is 46.1. The first kappa shape index (κ1) is 22.5. The molecular formula is C23H20BClF3NO3. The number of rotatable bonds is 7. The Balaban J connectivity index is 1.61. The first-order chi connectivity index (χ1) is 15.4. The molecule has 4 rings (SSSR count). The zero-order valence-electron chi connectivity index (χ0n) is 17.0. The second-order valence-corrected chi connectivity index (χ2v) is 8.21. The third kappa shape index (κ3) is 4.87. The molecule has 1 heterocycles. The predicted octanol–water partition coefficient (Wildman–Crippen LogP) is 6.08. The summed E-state index contributed by atoms with van der Waals surface area (Å²) in [6, 6.07) is 6.93. The van der Waals surface area contributed by atoms with E-state index in [1.54, 1.807) is 24.3 Å². The maximum absolute atomic E-state index is 13.5. The molecule has 3 N–H and O–H groups in total. The van der Waals surface area contributed by atoms with Gasteiger partial charge in [0, 0.05) is 16.3 Å². The molecule has 0 spiro atoms. The standard InChI is InChI=1S/C23H20BClF3NO3/c25-15-5-7-22(31-12-13-8-19(26)23(28)20(27)9-13)18(10-15)16-2-1-3-17(16)21(29)6-4-14-11-24(14)32-30/h4-10,30H,1-3,11-12,29H2/b14-4+,21-6-. The number of hydrogen-bond acceptors (Lipinski definition) is 4. The van der Waals surface area contributed by atoms with Crippen molar-refractivity contribution in [1.29, 1.82) is 0 Å². The first-order valence-corrected chi connectivity index (χ1v) is 10.5. The topological polar surface area (TPSA) is 64.7 Å². The number of ether oxygens (including phenoxy) is 1. The maximum atomic E-state index is 13.5. The summed E-state index contributed by atoms with van der Waals surface area (Å²) in [6.45, 7) is -0.407. The molecule has 1 aliphatic carbocycles. The van der Waals surface area contributed by atoms with Crippen LogP contribution in [0.15, 0.2) is 59.2 Å². The third-order valence-electron chi connectivity index (χ3n) is 5.55. The molecule has 9 heteroatoms. The Morgan fingerprint density at radius 3 is 2.59 bits per heavy atom. The van der Waals surface area contributed by atoms with E-state index >= 15 is 0 Å². The monoisotopic (exact) mass is 461 g/mol. The molecule has 2 aromatic rings. The molecule has 0 saturated carbocycles. The van der Waals surface area contributed by atoms with Crippen LogP contribution in [0.25, 0.3) is 5.57 Å². The van der Waals surface area contributed by atoms with Crippen molar-refractivity contribution in [3.05, 3.63) is 92.8 Å². The Labute approximate surface area is 188 Å². The van der Waals surface area contributed by atoms with E-state index in [4.69, 9.17) is 27.3 Å². The zero-order chi connectivity index (χ0) is 22.8. The lowest BCUT2D eigenvalue weighted by Gasteiger charge is -2.15. The molecule has 0 bridgehead atoms. The molecule has 2 aromatic carbocycles. The molecule has 1 fully saturated rings. The first-order valence-electron chi connectivity index (χ1n) is 10.1. The number of halogens is 4. The Morgan fingerprint density at radius 2 is 1.91 bits per heavy atom. The second-order valence-electron chi connectivity index (χ2n) is 7.78. The van der Waals surface area contributed by atoms with Gasteiger partial charge in [-0.25, -0.2) is 13.2 Å². The number of allylic oxidation sites excluding steroid dienone is 5. The lowest BCUT2D eigenvalue weighted by atomic mass is 9.94. The molecule has 1 saturated heterocycles. The van der Waals surface area contributed by atoms with Gasteiger partial charge in [0.2, 0.25) is 0 Å². The van der Waals surface area contributed by atoms with E-state index in [9.17, 15) is 13.2 Å².